The maximum atomic E-state index is 12.0. The van der Waals surface area contributed by atoms with Crippen LogP contribution in [0.25, 0.3) is 0 Å². The van der Waals surface area contributed by atoms with Crippen LogP contribution in [0.5, 0.6) is 5.75 Å². The molecule has 0 fully saturated rings. The van der Waals surface area contributed by atoms with Gasteiger partial charge in [0.15, 0.2) is 5.78 Å². The van der Waals surface area contributed by atoms with Crippen molar-refractivity contribution in [3.05, 3.63) is 59.7 Å². The van der Waals surface area contributed by atoms with E-state index in [4.69, 9.17) is 9.47 Å². The molecule has 0 amide bonds. The summed E-state index contributed by atoms with van der Waals surface area (Å²) >= 11 is 1.65. The largest absolute Gasteiger partial charge is 0.497 e. The van der Waals surface area contributed by atoms with Crippen LogP contribution in [0.2, 0.25) is 0 Å². The van der Waals surface area contributed by atoms with E-state index in [1.54, 1.807) is 18.9 Å². The molecule has 0 atom stereocenters. The molecule has 2 rings (SSSR count). The van der Waals surface area contributed by atoms with Crippen LogP contribution in [0.15, 0.2) is 53.4 Å². The standard InChI is InChI=1S/C17H18O3S/c1-19-15-5-3-4-13(10-15)11-20-12-17(18)14-6-8-16(21-2)9-7-14/h3-10H,11-12H2,1-2H3. The molecular weight excluding hydrogens is 284 g/mol. The first-order valence-corrected chi connectivity index (χ1v) is 7.83. The summed E-state index contributed by atoms with van der Waals surface area (Å²) in [5.41, 5.74) is 1.67. The molecule has 0 unspecified atom stereocenters. The first-order valence-electron chi connectivity index (χ1n) is 6.61. The number of thioether (sulfide) groups is 1. The van der Waals surface area contributed by atoms with Crippen molar-refractivity contribution in [2.24, 2.45) is 0 Å². The van der Waals surface area contributed by atoms with Crippen LogP contribution in [0.1, 0.15) is 15.9 Å². The van der Waals surface area contributed by atoms with Gasteiger partial charge in [0, 0.05) is 10.5 Å². The minimum Gasteiger partial charge on any atom is -0.497 e. The van der Waals surface area contributed by atoms with Gasteiger partial charge in [0.1, 0.15) is 12.4 Å². The van der Waals surface area contributed by atoms with Gasteiger partial charge in [0.2, 0.25) is 0 Å². The number of hydrogen-bond acceptors (Lipinski definition) is 4. The molecule has 0 aliphatic rings. The summed E-state index contributed by atoms with van der Waals surface area (Å²) in [5, 5.41) is 0. The van der Waals surface area contributed by atoms with Gasteiger partial charge in [0.25, 0.3) is 0 Å². The van der Waals surface area contributed by atoms with Crippen molar-refractivity contribution in [2.45, 2.75) is 11.5 Å². The highest BCUT2D eigenvalue weighted by Crippen LogP contribution is 2.16. The summed E-state index contributed by atoms with van der Waals surface area (Å²) in [4.78, 5) is 13.1. The molecule has 110 valence electrons. The maximum absolute atomic E-state index is 12.0. The highest BCUT2D eigenvalue weighted by Gasteiger charge is 2.06. The van der Waals surface area contributed by atoms with Gasteiger partial charge in [-0.3, -0.25) is 4.79 Å². The van der Waals surface area contributed by atoms with Crippen LogP contribution in [0.4, 0.5) is 0 Å². The fraction of sp³-hybridized carbons (Fsp3) is 0.235. The predicted molar refractivity (Wildman–Crippen MR) is 85.2 cm³/mol. The minimum atomic E-state index is -0.00875. The van der Waals surface area contributed by atoms with Gasteiger partial charge < -0.3 is 9.47 Å². The van der Waals surface area contributed by atoms with Crippen molar-refractivity contribution < 1.29 is 14.3 Å². The van der Waals surface area contributed by atoms with Gasteiger partial charge in [-0.1, -0.05) is 24.3 Å². The Labute approximate surface area is 129 Å². The van der Waals surface area contributed by atoms with Crippen LogP contribution in [0.3, 0.4) is 0 Å². The molecule has 0 heterocycles. The third-order valence-corrected chi connectivity index (χ3v) is 3.79. The van der Waals surface area contributed by atoms with Crippen molar-refractivity contribution in [2.75, 3.05) is 20.0 Å². The van der Waals surface area contributed by atoms with Crippen LogP contribution in [-0.2, 0) is 11.3 Å². The number of Topliss-reactive ketones (excluding diaryl/α,β-unsaturated/α-hetero) is 1. The third-order valence-electron chi connectivity index (χ3n) is 3.05. The monoisotopic (exact) mass is 302 g/mol. The predicted octanol–water partition coefficient (Wildman–Crippen LogP) is 3.82. The number of hydrogen-bond donors (Lipinski definition) is 0. The van der Waals surface area contributed by atoms with Gasteiger partial charge in [0.05, 0.1) is 13.7 Å². The van der Waals surface area contributed by atoms with Crippen LogP contribution in [-0.4, -0.2) is 25.8 Å². The Hall–Kier alpha value is -1.78. The molecule has 0 aliphatic carbocycles. The van der Waals surface area contributed by atoms with E-state index in [2.05, 4.69) is 0 Å². The Morgan fingerprint density at radius 3 is 2.57 bits per heavy atom. The van der Waals surface area contributed by atoms with Crippen LogP contribution < -0.4 is 4.74 Å². The van der Waals surface area contributed by atoms with E-state index in [0.29, 0.717) is 12.2 Å². The molecule has 4 heteroatoms. The zero-order valence-corrected chi connectivity index (χ0v) is 13.0. The fourth-order valence-electron chi connectivity index (χ4n) is 1.88. The van der Waals surface area contributed by atoms with Crippen molar-refractivity contribution >= 4 is 17.5 Å². The number of carbonyl (C=O) groups excluding carboxylic acids is 1. The Kier molecular flexibility index (Phi) is 5.84. The highest BCUT2D eigenvalue weighted by atomic mass is 32.2. The van der Waals surface area contributed by atoms with E-state index in [9.17, 15) is 4.79 Å². The van der Waals surface area contributed by atoms with E-state index >= 15 is 0 Å². The maximum Gasteiger partial charge on any atom is 0.188 e. The van der Waals surface area contributed by atoms with Gasteiger partial charge >= 0.3 is 0 Å². The zero-order valence-electron chi connectivity index (χ0n) is 12.2. The normalized spacial score (nSPS) is 10.4. The topological polar surface area (TPSA) is 35.5 Å². The molecule has 0 aliphatic heterocycles. The number of ketones is 1. The van der Waals surface area contributed by atoms with Gasteiger partial charge in [-0.05, 0) is 36.1 Å². The number of rotatable bonds is 7. The third kappa shape index (κ3) is 4.62. The lowest BCUT2D eigenvalue weighted by Crippen LogP contribution is -2.09. The quantitative estimate of drug-likeness (QED) is 0.575. The number of carbonyl (C=O) groups is 1. The Morgan fingerprint density at radius 1 is 1.14 bits per heavy atom. The van der Waals surface area contributed by atoms with Crippen molar-refractivity contribution in [3.63, 3.8) is 0 Å². The summed E-state index contributed by atoms with van der Waals surface area (Å²) in [6.45, 7) is 0.474. The molecule has 3 nitrogen and oxygen atoms in total. The summed E-state index contributed by atoms with van der Waals surface area (Å²) in [6.07, 6.45) is 2.01. The molecule has 2 aromatic carbocycles. The van der Waals surface area contributed by atoms with E-state index in [1.165, 1.54) is 0 Å². The molecule has 0 N–H and O–H groups in total. The molecular formula is C17H18O3S. The molecule has 0 bridgehead atoms. The lowest BCUT2D eigenvalue weighted by atomic mass is 10.1. The van der Waals surface area contributed by atoms with Gasteiger partial charge in [-0.25, -0.2) is 0 Å². The SMILES string of the molecule is COc1cccc(COCC(=O)c2ccc(SC)cc2)c1. The number of ether oxygens (including phenoxy) is 2. The second-order valence-electron chi connectivity index (χ2n) is 4.50. The molecule has 0 aromatic heterocycles. The van der Waals surface area contributed by atoms with E-state index < -0.39 is 0 Å². The van der Waals surface area contributed by atoms with Gasteiger partial charge in [-0.15, -0.1) is 11.8 Å². The summed E-state index contributed by atoms with van der Waals surface area (Å²) in [5.74, 6) is 0.778. The summed E-state index contributed by atoms with van der Waals surface area (Å²) in [7, 11) is 1.63. The number of methoxy groups -OCH3 is 1. The van der Waals surface area contributed by atoms with Crippen molar-refractivity contribution in [3.8, 4) is 5.75 Å². The Bertz CT molecular complexity index is 593. The lowest BCUT2D eigenvalue weighted by Gasteiger charge is -2.06. The first-order chi connectivity index (χ1) is 10.2. The molecule has 2 aromatic rings. The number of benzene rings is 2. The van der Waals surface area contributed by atoms with Crippen LogP contribution >= 0.6 is 11.8 Å². The molecule has 0 saturated heterocycles. The lowest BCUT2D eigenvalue weighted by molar-refractivity contribution is 0.0726. The molecule has 0 radical (unpaired) electrons. The second kappa shape index (κ2) is 7.86. The zero-order chi connectivity index (χ0) is 15.1. The molecule has 0 spiro atoms. The fourth-order valence-corrected chi connectivity index (χ4v) is 2.29. The first kappa shape index (κ1) is 15.6. The Morgan fingerprint density at radius 2 is 1.90 bits per heavy atom. The van der Waals surface area contributed by atoms with Crippen molar-refractivity contribution in [1.29, 1.82) is 0 Å². The van der Waals surface area contributed by atoms with E-state index in [1.807, 2.05) is 54.8 Å². The van der Waals surface area contributed by atoms with E-state index in [-0.39, 0.29) is 12.4 Å². The summed E-state index contributed by atoms with van der Waals surface area (Å²) in [6, 6.07) is 15.2. The smallest absolute Gasteiger partial charge is 0.188 e. The molecule has 21 heavy (non-hydrogen) atoms. The Balaban J connectivity index is 1.85. The molecule has 0 saturated carbocycles. The second-order valence-corrected chi connectivity index (χ2v) is 5.38. The average Bonchev–Trinajstić information content (AvgIpc) is 2.55. The van der Waals surface area contributed by atoms with E-state index in [0.717, 1.165) is 16.2 Å². The highest BCUT2D eigenvalue weighted by molar-refractivity contribution is 7.98. The van der Waals surface area contributed by atoms with Crippen LogP contribution in [0, 0.1) is 0 Å². The average molecular weight is 302 g/mol. The summed E-state index contributed by atoms with van der Waals surface area (Å²) < 4.78 is 10.6. The minimum absolute atomic E-state index is 0.00875. The van der Waals surface area contributed by atoms with Crippen molar-refractivity contribution in [1.82, 2.24) is 0 Å². The van der Waals surface area contributed by atoms with Gasteiger partial charge in [-0.2, -0.15) is 0 Å².